The third-order valence-electron chi connectivity index (χ3n) is 4.09. The number of aromatic nitrogens is 2. The van der Waals surface area contributed by atoms with Gasteiger partial charge in [-0.1, -0.05) is 33.1 Å². The van der Waals surface area contributed by atoms with Crippen molar-refractivity contribution in [2.24, 2.45) is 0 Å². The van der Waals surface area contributed by atoms with Gasteiger partial charge in [-0.15, -0.1) is 11.3 Å². The van der Waals surface area contributed by atoms with Crippen LogP contribution in [0.3, 0.4) is 0 Å². The Kier molecular flexibility index (Phi) is 3.54. The second-order valence-corrected chi connectivity index (χ2v) is 6.94. The van der Waals surface area contributed by atoms with Gasteiger partial charge in [0.25, 0.3) is 0 Å². The van der Waals surface area contributed by atoms with E-state index in [4.69, 9.17) is 5.10 Å². The van der Waals surface area contributed by atoms with Crippen molar-refractivity contribution in [1.29, 1.82) is 0 Å². The Labute approximate surface area is 122 Å². The lowest BCUT2D eigenvalue weighted by atomic mass is 9.96. The maximum absolute atomic E-state index is 11.2. The third kappa shape index (κ3) is 2.24. The number of carboxylic acid groups (broad SMARTS) is 1. The molecule has 0 bridgehead atoms. The molecule has 4 nitrogen and oxygen atoms in total. The largest absolute Gasteiger partial charge is 0.477 e. The highest BCUT2D eigenvalue weighted by molar-refractivity contribution is 7.20. The van der Waals surface area contributed by atoms with E-state index in [0.29, 0.717) is 16.8 Å². The zero-order valence-electron chi connectivity index (χ0n) is 11.9. The van der Waals surface area contributed by atoms with Gasteiger partial charge < -0.3 is 5.11 Å². The molecule has 0 atom stereocenters. The van der Waals surface area contributed by atoms with E-state index in [1.165, 1.54) is 30.6 Å². The topological polar surface area (TPSA) is 55.1 Å². The van der Waals surface area contributed by atoms with Crippen LogP contribution >= 0.6 is 11.3 Å². The van der Waals surface area contributed by atoms with Crippen LogP contribution < -0.4 is 0 Å². The van der Waals surface area contributed by atoms with Crippen LogP contribution in [-0.4, -0.2) is 20.9 Å². The molecule has 0 amide bonds. The summed E-state index contributed by atoms with van der Waals surface area (Å²) in [6.07, 6.45) is 6.13. The van der Waals surface area contributed by atoms with Gasteiger partial charge in [-0.3, -0.25) is 4.68 Å². The second-order valence-electron chi connectivity index (χ2n) is 5.91. The van der Waals surface area contributed by atoms with Crippen molar-refractivity contribution in [2.45, 2.75) is 57.9 Å². The minimum Gasteiger partial charge on any atom is -0.477 e. The lowest BCUT2D eigenvalue weighted by Crippen LogP contribution is -2.14. The number of nitrogens with zero attached hydrogens (tertiary/aromatic N) is 2. The lowest BCUT2D eigenvalue weighted by molar-refractivity contribution is 0.0702. The van der Waals surface area contributed by atoms with E-state index in [2.05, 4.69) is 18.5 Å². The van der Waals surface area contributed by atoms with Crippen LogP contribution in [0, 0.1) is 0 Å². The predicted molar refractivity (Wildman–Crippen MR) is 80.8 cm³/mol. The summed E-state index contributed by atoms with van der Waals surface area (Å²) >= 11 is 1.36. The summed E-state index contributed by atoms with van der Waals surface area (Å²) in [7, 11) is 0. The molecule has 2 aromatic heterocycles. The number of fused-ring (bicyclic) bond motifs is 1. The van der Waals surface area contributed by atoms with E-state index in [-0.39, 0.29) is 0 Å². The van der Waals surface area contributed by atoms with Crippen LogP contribution in [0.15, 0.2) is 6.07 Å². The van der Waals surface area contributed by atoms with Crippen LogP contribution in [0.2, 0.25) is 0 Å². The molecule has 1 fully saturated rings. The van der Waals surface area contributed by atoms with Crippen LogP contribution in [0.25, 0.3) is 10.2 Å². The summed E-state index contributed by atoms with van der Waals surface area (Å²) in [6.45, 7) is 4.23. The fourth-order valence-corrected chi connectivity index (χ4v) is 4.08. The molecule has 2 aromatic rings. The van der Waals surface area contributed by atoms with Gasteiger partial charge in [-0.2, -0.15) is 5.10 Å². The number of carbonyl (C=O) groups is 1. The summed E-state index contributed by atoms with van der Waals surface area (Å²) in [5.41, 5.74) is 1.04. The Morgan fingerprint density at radius 3 is 2.70 bits per heavy atom. The number of carboxylic acids is 1. The highest BCUT2D eigenvalue weighted by atomic mass is 32.1. The molecule has 5 heteroatoms. The van der Waals surface area contributed by atoms with Crippen molar-refractivity contribution in [1.82, 2.24) is 9.78 Å². The average molecular weight is 292 g/mol. The highest BCUT2D eigenvalue weighted by Crippen LogP contribution is 2.37. The number of hydrogen-bond acceptors (Lipinski definition) is 3. The van der Waals surface area contributed by atoms with Gasteiger partial charge in [0, 0.05) is 5.39 Å². The summed E-state index contributed by atoms with van der Waals surface area (Å²) < 4.78 is 2.11. The van der Waals surface area contributed by atoms with E-state index in [0.717, 1.165) is 28.8 Å². The molecular formula is C15H20N2O2S. The molecule has 0 spiro atoms. The average Bonchev–Trinajstić information content (AvgIpc) is 2.97. The Morgan fingerprint density at radius 2 is 2.10 bits per heavy atom. The van der Waals surface area contributed by atoms with E-state index in [9.17, 15) is 9.90 Å². The van der Waals surface area contributed by atoms with Crippen molar-refractivity contribution in [2.75, 3.05) is 0 Å². The van der Waals surface area contributed by atoms with Crippen LogP contribution in [0.1, 0.15) is 73.3 Å². The van der Waals surface area contributed by atoms with Crippen LogP contribution in [-0.2, 0) is 0 Å². The summed E-state index contributed by atoms with van der Waals surface area (Å²) in [5, 5.41) is 15.1. The Morgan fingerprint density at radius 1 is 1.40 bits per heavy atom. The Balaban J connectivity index is 2.12. The molecule has 0 saturated heterocycles. The van der Waals surface area contributed by atoms with Gasteiger partial charge in [0.05, 0.1) is 11.7 Å². The minimum absolute atomic E-state index is 0.318. The molecule has 0 radical (unpaired) electrons. The fourth-order valence-electron chi connectivity index (χ4n) is 3.06. The molecular weight excluding hydrogens is 272 g/mol. The van der Waals surface area contributed by atoms with E-state index < -0.39 is 5.97 Å². The summed E-state index contributed by atoms with van der Waals surface area (Å²) in [5.74, 6) is -0.519. The van der Waals surface area contributed by atoms with Gasteiger partial charge in [-0.25, -0.2) is 4.79 Å². The van der Waals surface area contributed by atoms with Crippen molar-refractivity contribution in [3.63, 3.8) is 0 Å². The third-order valence-corrected chi connectivity index (χ3v) is 5.20. The molecule has 0 aliphatic heterocycles. The molecule has 20 heavy (non-hydrogen) atoms. The molecule has 1 N–H and O–H groups in total. The Bertz CT molecular complexity index is 636. The Hall–Kier alpha value is -1.36. The summed E-state index contributed by atoms with van der Waals surface area (Å²) in [4.78, 5) is 12.7. The zero-order valence-corrected chi connectivity index (χ0v) is 12.7. The van der Waals surface area contributed by atoms with E-state index in [1.807, 2.05) is 0 Å². The molecule has 2 heterocycles. The first-order valence-electron chi connectivity index (χ1n) is 7.33. The van der Waals surface area contributed by atoms with Crippen LogP contribution in [0.4, 0.5) is 0 Å². The van der Waals surface area contributed by atoms with Gasteiger partial charge in [-0.05, 0) is 24.8 Å². The first-order valence-corrected chi connectivity index (χ1v) is 8.15. The monoisotopic (exact) mass is 292 g/mol. The van der Waals surface area contributed by atoms with Crippen molar-refractivity contribution >= 4 is 27.5 Å². The molecule has 3 rings (SSSR count). The number of hydrogen-bond donors (Lipinski definition) is 1. The van der Waals surface area contributed by atoms with Gasteiger partial charge >= 0.3 is 5.97 Å². The summed E-state index contributed by atoms with van der Waals surface area (Å²) in [6, 6.07) is 2.24. The number of rotatable bonds is 3. The number of aromatic carboxylic acids is 1. The predicted octanol–water partition coefficient (Wildman–Crippen LogP) is 4.42. The number of thiophene rings is 1. The highest BCUT2D eigenvalue weighted by Gasteiger charge is 2.24. The van der Waals surface area contributed by atoms with E-state index >= 15 is 0 Å². The SMILES string of the molecule is CC(C)c1nn(C2CCCCC2)c2sc(C(=O)O)cc12. The van der Waals surface area contributed by atoms with Gasteiger partial charge in [0.15, 0.2) is 0 Å². The van der Waals surface area contributed by atoms with Crippen molar-refractivity contribution in [3.8, 4) is 0 Å². The minimum atomic E-state index is -0.837. The van der Waals surface area contributed by atoms with E-state index in [1.54, 1.807) is 6.07 Å². The smallest absolute Gasteiger partial charge is 0.345 e. The molecule has 1 saturated carbocycles. The van der Waals surface area contributed by atoms with Gasteiger partial charge in [0.2, 0.25) is 0 Å². The molecule has 1 aliphatic rings. The molecule has 0 unspecified atom stereocenters. The first-order chi connectivity index (χ1) is 9.58. The van der Waals surface area contributed by atoms with Crippen LogP contribution in [0.5, 0.6) is 0 Å². The lowest BCUT2D eigenvalue weighted by Gasteiger charge is -2.22. The van der Waals surface area contributed by atoms with Crippen molar-refractivity contribution < 1.29 is 9.90 Å². The standard InChI is InChI=1S/C15H20N2O2S/c1-9(2)13-11-8-12(15(18)19)20-14(11)17(16-13)10-6-4-3-5-7-10/h8-10H,3-7H2,1-2H3,(H,18,19). The normalized spacial score (nSPS) is 17.1. The second kappa shape index (κ2) is 5.20. The van der Waals surface area contributed by atoms with Crippen molar-refractivity contribution in [3.05, 3.63) is 16.6 Å². The quantitative estimate of drug-likeness (QED) is 0.910. The maximum atomic E-state index is 11.2. The van der Waals surface area contributed by atoms with Gasteiger partial charge in [0.1, 0.15) is 9.71 Å². The molecule has 1 aliphatic carbocycles. The molecule has 108 valence electrons. The molecule has 0 aromatic carbocycles. The zero-order chi connectivity index (χ0) is 14.3. The maximum Gasteiger partial charge on any atom is 0.345 e. The first kappa shape index (κ1) is 13.6. The fraction of sp³-hybridized carbons (Fsp3) is 0.600.